The number of aromatic nitrogens is 1. The summed E-state index contributed by atoms with van der Waals surface area (Å²) in [5, 5.41) is 2.70. The van der Waals surface area contributed by atoms with E-state index in [1.807, 2.05) is 31.2 Å². The van der Waals surface area contributed by atoms with Crippen LogP contribution in [0.2, 0.25) is 0 Å². The van der Waals surface area contributed by atoms with Crippen LogP contribution in [-0.2, 0) is 21.4 Å². The van der Waals surface area contributed by atoms with Crippen molar-refractivity contribution in [3.8, 4) is 0 Å². The molecule has 0 atom stereocenters. The lowest BCUT2D eigenvalue weighted by Crippen LogP contribution is -2.23. The van der Waals surface area contributed by atoms with Gasteiger partial charge in [-0.3, -0.25) is 9.78 Å². The third-order valence-electron chi connectivity index (χ3n) is 4.11. The van der Waals surface area contributed by atoms with Crippen molar-refractivity contribution in [2.24, 2.45) is 0 Å². The summed E-state index contributed by atoms with van der Waals surface area (Å²) in [6, 6.07) is 17.2. The molecule has 2 N–H and O–H groups in total. The minimum Gasteiger partial charge on any atom is -0.323 e. The molecule has 0 radical (unpaired) electrons. The van der Waals surface area contributed by atoms with Gasteiger partial charge in [-0.05, 0) is 60.5 Å². The molecule has 3 rings (SSSR count). The zero-order chi connectivity index (χ0) is 20.7. The van der Waals surface area contributed by atoms with Crippen molar-refractivity contribution in [1.82, 2.24) is 9.71 Å². The summed E-state index contributed by atoms with van der Waals surface area (Å²) in [4.78, 5) is 16.1. The lowest BCUT2D eigenvalue weighted by molar-refractivity contribution is -0.111. The molecule has 0 unspecified atom stereocenters. The van der Waals surface area contributed by atoms with Gasteiger partial charge < -0.3 is 5.32 Å². The Morgan fingerprint density at radius 3 is 2.45 bits per heavy atom. The van der Waals surface area contributed by atoms with E-state index in [2.05, 4.69) is 15.0 Å². The summed E-state index contributed by atoms with van der Waals surface area (Å²) < 4.78 is 27.5. The standard InChI is InChI=1S/C22H21N3O3S/c1-17-3-2-4-19(15-17)16-24-29(27,28)21-8-6-20(7-9-21)25-22(26)10-5-18-11-13-23-14-12-18/h2-15,24H,16H2,1H3,(H,25,26)/b10-5+. The SMILES string of the molecule is Cc1cccc(CNS(=O)(=O)c2ccc(NC(=O)/C=C/c3ccncc3)cc2)c1. The second kappa shape index (κ2) is 9.27. The van der Waals surface area contributed by atoms with Crippen molar-refractivity contribution in [3.05, 3.63) is 95.8 Å². The summed E-state index contributed by atoms with van der Waals surface area (Å²) in [5.74, 6) is -0.310. The molecule has 0 saturated carbocycles. The number of amides is 1. The third kappa shape index (κ3) is 6.10. The second-order valence-corrected chi connectivity index (χ2v) is 8.21. The molecule has 1 heterocycles. The molecule has 2 aromatic carbocycles. The summed E-state index contributed by atoms with van der Waals surface area (Å²) >= 11 is 0. The third-order valence-corrected chi connectivity index (χ3v) is 5.53. The van der Waals surface area contributed by atoms with Crippen molar-refractivity contribution in [3.63, 3.8) is 0 Å². The van der Waals surface area contributed by atoms with Crippen molar-refractivity contribution < 1.29 is 13.2 Å². The molecule has 0 saturated heterocycles. The van der Waals surface area contributed by atoms with Gasteiger partial charge in [0.05, 0.1) is 4.90 Å². The van der Waals surface area contributed by atoms with Gasteiger partial charge in [0.2, 0.25) is 15.9 Å². The highest BCUT2D eigenvalue weighted by Crippen LogP contribution is 2.15. The van der Waals surface area contributed by atoms with Gasteiger partial charge in [-0.15, -0.1) is 0 Å². The van der Waals surface area contributed by atoms with Crippen molar-refractivity contribution in [2.75, 3.05) is 5.32 Å². The van der Waals surface area contributed by atoms with Crippen LogP contribution in [0.5, 0.6) is 0 Å². The topological polar surface area (TPSA) is 88.2 Å². The van der Waals surface area contributed by atoms with Gasteiger partial charge in [0, 0.05) is 30.7 Å². The Morgan fingerprint density at radius 1 is 1.03 bits per heavy atom. The molecule has 0 aliphatic heterocycles. The van der Waals surface area contributed by atoms with Crippen LogP contribution in [0.1, 0.15) is 16.7 Å². The van der Waals surface area contributed by atoms with Gasteiger partial charge in [0.15, 0.2) is 0 Å². The monoisotopic (exact) mass is 407 g/mol. The second-order valence-electron chi connectivity index (χ2n) is 6.44. The number of rotatable bonds is 7. The number of carbonyl (C=O) groups excluding carboxylic acids is 1. The van der Waals surface area contributed by atoms with Crippen LogP contribution in [0, 0.1) is 6.92 Å². The first kappa shape index (κ1) is 20.4. The summed E-state index contributed by atoms with van der Waals surface area (Å²) in [6.45, 7) is 2.17. The molecule has 0 fully saturated rings. The molecule has 0 aliphatic carbocycles. The van der Waals surface area contributed by atoms with Crippen LogP contribution in [0.25, 0.3) is 6.08 Å². The number of hydrogen-bond donors (Lipinski definition) is 2. The summed E-state index contributed by atoms with van der Waals surface area (Å²) in [5.41, 5.74) is 3.32. The van der Waals surface area contributed by atoms with Crippen molar-refractivity contribution >= 4 is 27.7 Å². The Balaban J connectivity index is 1.60. The molecular weight excluding hydrogens is 386 g/mol. The Labute approximate surface area is 170 Å². The largest absolute Gasteiger partial charge is 0.323 e. The van der Waals surface area contributed by atoms with Crippen LogP contribution in [-0.4, -0.2) is 19.3 Å². The maximum absolute atomic E-state index is 12.5. The highest BCUT2D eigenvalue weighted by atomic mass is 32.2. The molecule has 7 heteroatoms. The first-order valence-corrected chi connectivity index (χ1v) is 10.4. The molecule has 148 valence electrons. The van der Waals surface area contributed by atoms with E-state index >= 15 is 0 Å². The molecule has 0 spiro atoms. The smallest absolute Gasteiger partial charge is 0.248 e. The first-order valence-electron chi connectivity index (χ1n) is 8.97. The number of benzene rings is 2. The number of anilines is 1. The number of aryl methyl sites for hydroxylation is 1. The highest BCUT2D eigenvalue weighted by Gasteiger charge is 2.13. The fourth-order valence-electron chi connectivity index (χ4n) is 2.63. The quantitative estimate of drug-likeness (QED) is 0.587. The fourth-order valence-corrected chi connectivity index (χ4v) is 3.65. The summed E-state index contributed by atoms with van der Waals surface area (Å²) in [7, 11) is -3.65. The van der Waals surface area contributed by atoms with E-state index in [1.165, 1.54) is 18.2 Å². The van der Waals surface area contributed by atoms with Gasteiger partial charge in [-0.1, -0.05) is 29.8 Å². The minimum atomic E-state index is -3.65. The number of pyridine rings is 1. The maximum atomic E-state index is 12.5. The number of carbonyl (C=O) groups is 1. The van der Waals surface area contributed by atoms with E-state index in [1.54, 1.807) is 42.7 Å². The highest BCUT2D eigenvalue weighted by molar-refractivity contribution is 7.89. The molecular formula is C22H21N3O3S. The maximum Gasteiger partial charge on any atom is 0.248 e. The van der Waals surface area contributed by atoms with Crippen molar-refractivity contribution in [2.45, 2.75) is 18.4 Å². The van der Waals surface area contributed by atoms with E-state index in [0.717, 1.165) is 16.7 Å². The zero-order valence-electron chi connectivity index (χ0n) is 15.9. The van der Waals surface area contributed by atoms with Crippen LogP contribution in [0.15, 0.2) is 84.0 Å². The number of nitrogens with zero attached hydrogens (tertiary/aromatic N) is 1. The first-order chi connectivity index (χ1) is 13.9. The fraction of sp³-hybridized carbons (Fsp3) is 0.0909. The molecule has 0 aliphatic rings. The van der Waals surface area contributed by atoms with Crippen LogP contribution >= 0.6 is 0 Å². The van der Waals surface area contributed by atoms with Gasteiger partial charge in [0.1, 0.15) is 0 Å². The van der Waals surface area contributed by atoms with Gasteiger partial charge in [-0.2, -0.15) is 0 Å². The summed E-state index contributed by atoms with van der Waals surface area (Å²) in [6.07, 6.45) is 6.36. The lowest BCUT2D eigenvalue weighted by atomic mass is 10.1. The van der Waals surface area contributed by atoms with Crippen LogP contribution < -0.4 is 10.0 Å². The molecule has 29 heavy (non-hydrogen) atoms. The molecule has 3 aromatic rings. The van der Waals surface area contributed by atoms with Gasteiger partial charge in [-0.25, -0.2) is 13.1 Å². The minimum absolute atomic E-state index is 0.135. The zero-order valence-corrected chi connectivity index (χ0v) is 16.7. The lowest BCUT2D eigenvalue weighted by Gasteiger charge is -2.09. The van der Waals surface area contributed by atoms with E-state index in [0.29, 0.717) is 5.69 Å². The number of hydrogen-bond acceptors (Lipinski definition) is 4. The Hall–Kier alpha value is -3.29. The van der Waals surface area contributed by atoms with Crippen LogP contribution in [0.4, 0.5) is 5.69 Å². The molecule has 1 amide bonds. The van der Waals surface area contributed by atoms with Gasteiger partial charge >= 0.3 is 0 Å². The molecule has 0 bridgehead atoms. The predicted octanol–water partition coefficient (Wildman–Crippen LogP) is 3.52. The number of nitrogens with one attached hydrogen (secondary N) is 2. The Kier molecular flexibility index (Phi) is 6.54. The number of sulfonamides is 1. The van der Waals surface area contributed by atoms with E-state index in [9.17, 15) is 13.2 Å². The Bertz CT molecular complexity index is 1110. The average Bonchev–Trinajstić information content (AvgIpc) is 2.72. The average molecular weight is 407 g/mol. The molecule has 1 aromatic heterocycles. The van der Waals surface area contributed by atoms with E-state index in [-0.39, 0.29) is 17.3 Å². The van der Waals surface area contributed by atoms with Crippen molar-refractivity contribution in [1.29, 1.82) is 0 Å². The van der Waals surface area contributed by atoms with Gasteiger partial charge in [0.25, 0.3) is 0 Å². The predicted molar refractivity (Wildman–Crippen MR) is 114 cm³/mol. The normalized spacial score (nSPS) is 11.5. The van der Waals surface area contributed by atoms with Crippen LogP contribution in [0.3, 0.4) is 0 Å². The van der Waals surface area contributed by atoms with E-state index < -0.39 is 10.0 Å². The molecule has 6 nitrogen and oxygen atoms in total. The Morgan fingerprint density at radius 2 is 1.76 bits per heavy atom. The van der Waals surface area contributed by atoms with E-state index in [4.69, 9.17) is 0 Å².